The van der Waals surface area contributed by atoms with E-state index >= 15 is 0 Å². The molecule has 1 amide bonds. The van der Waals surface area contributed by atoms with E-state index in [0.29, 0.717) is 13.2 Å². The van der Waals surface area contributed by atoms with Crippen LogP contribution in [0.4, 0.5) is 0 Å². The molecule has 0 aromatic rings. The molecule has 0 aromatic heterocycles. The maximum absolute atomic E-state index is 12.6. The van der Waals surface area contributed by atoms with Gasteiger partial charge in [0.05, 0.1) is 0 Å². The van der Waals surface area contributed by atoms with Crippen LogP contribution in [-0.4, -0.2) is 36.7 Å². The van der Waals surface area contributed by atoms with Gasteiger partial charge in [0, 0.05) is 5.54 Å². The molecule has 1 atom stereocenters. The van der Waals surface area contributed by atoms with Gasteiger partial charge in [0.1, 0.15) is 19.5 Å². The standard InChI is InChI=1S/C18H25NO5/c1-11(24-17(21)15-10-22-2-3-23-15)16(20)19-18-7-12-4-13(8-18)6-14(5-12)9-18/h10-14H,2-9H2,1H3,(H,19,20)/t11-,12?,13?,14?,18?/m1/s1. The molecule has 4 bridgehead atoms. The van der Waals surface area contributed by atoms with Crippen molar-refractivity contribution in [1.82, 2.24) is 5.32 Å². The molecule has 132 valence electrons. The monoisotopic (exact) mass is 335 g/mol. The number of carbonyl (C=O) groups excluding carboxylic acids is 2. The molecule has 24 heavy (non-hydrogen) atoms. The van der Waals surface area contributed by atoms with E-state index in [9.17, 15) is 9.59 Å². The lowest BCUT2D eigenvalue weighted by molar-refractivity contribution is -0.157. The molecule has 6 heteroatoms. The lowest BCUT2D eigenvalue weighted by atomic mass is 9.53. The molecule has 0 saturated heterocycles. The van der Waals surface area contributed by atoms with Crippen LogP contribution in [0.1, 0.15) is 45.4 Å². The predicted molar refractivity (Wildman–Crippen MR) is 84.6 cm³/mol. The first kappa shape index (κ1) is 15.8. The average molecular weight is 335 g/mol. The second kappa shape index (κ2) is 5.97. The van der Waals surface area contributed by atoms with Crippen LogP contribution in [0, 0.1) is 17.8 Å². The van der Waals surface area contributed by atoms with E-state index in [4.69, 9.17) is 14.2 Å². The lowest BCUT2D eigenvalue weighted by Crippen LogP contribution is -2.61. The minimum absolute atomic E-state index is 0.0238. The first-order chi connectivity index (χ1) is 11.5. The van der Waals surface area contributed by atoms with Crippen LogP contribution in [0.2, 0.25) is 0 Å². The van der Waals surface area contributed by atoms with E-state index < -0.39 is 12.1 Å². The Morgan fingerprint density at radius 2 is 1.79 bits per heavy atom. The molecule has 1 N–H and O–H groups in total. The largest absolute Gasteiger partial charge is 0.493 e. The van der Waals surface area contributed by atoms with Crippen LogP contribution >= 0.6 is 0 Å². The van der Waals surface area contributed by atoms with Crippen molar-refractivity contribution < 1.29 is 23.8 Å². The first-order valence-corrected chi connectivity index (χ1v) is 9.00. The number of ether oxygens (including phenoxy) is 3. The van der Waals surface area contributed by atoms with E-state index in [1.165, 1.54) is 25.5 Å². The van der Waals surface area contributed by atoms with E-state index in [2.05, 4.69) is 5.32 Å². The molecular weight excluding hydrogens is 310 g/mol. The van der Waals surface area contributed by atoms with Gasteiger partial charge in [0.2, 0.25) is 5.76 Å². The Hall–Kier alpha value is -1.72. The normalized spacial score (nSPS) is 37.7. The molecule has 0 unspecified atom stereocenters. The number of esters is 1. The van der Waals surface area contributed by atoms with E-state index in [0.717, 1.165) is 37.0 Å². The van der Waals surface area contributed by atoms with Crippen molar-refractivity contribution in [3.05, 3.63) is 12.0 Å². The Morgan fingerprint density at radius 3 is 2.33 bits per heavy atom. The van der Waals surface area contributed by atoms with Gasteiger partial charge in [0.25, 0.3) is 5.91 Å². The maximum Gasteiger partial charge on any atom is 0.377 e. The zero-order chi connectivity index (χ0) is 16.7. The zero-order valence-electron chi connectivity index (χ0n) is 14.1. The van der Waals surface area contributed by atoms with Gasteiger partial charge in [-0.15, -0.1) is 0 Å². The zero-order valence-corrected chi connectivity index (χ0v) is 14.1. The molecule has 0 aromatic carbocycles. The number of nitrogens with one attached hydrogen (secondary N) is 1. The highest BCUT2D eigenvalue weighted by Crippen LogP contribution is 2.55. The summed E-state index contributed by atoms with van der Waals surface area (Å²) in [5, 5.41) is 3.22. The SMILES string of the molecule is C[C@@H](OC(=O)C1=COCCO1)C(=O)NC12CC3CC(CC(C3)C1)C2. The minimum atomic E-state index is -0.836. The molecule has 5 aliphatic rings. The molecular formula is C18H25NO5. The minimum Gasteiger partial charge on any atom is -0.493 e. The Morgan fingerprint density at radius 1 is 1.17 bits per heavy atom. The summed E-state index contributed by atoms with van der Waals surface area (Å²) in [6.07, 6.45) is 7.61. The third-order valence-electron chi connectivity index (χ3n) is 5.93. The van der Waals surface area contributed by atoms with E-state index in [1.54, 1.807) is 6.92 Å². The van der Waals surface area contributed by atoms with Crippen molar-refractivity contribution >= 4 is 11.9 Å². The number of hydrogen-bond acceptors (Lipinski definition) is 5. The highest BCUT2D eigenvalue weighted by atomic mass is 16.6. The third kappa shape index (κ3) is 2.98. The predicted octanol–water partition coefficient (Wildman–Crippen LogP) is 1.89. The summed E-state index contributed by atoms with van der Waals surface area (Å²) in [5.74, 6) is 1.44. The van der Waals surface area contributed by atoms with Crippen LogP contribution < -0.4 is 5.32 Å². The molecule has 5 rings (SSSR count). The summed E-state index contributed by atoms with van der Waals surface area (Å²) in [5.41, 5.74) is -0.0732. The summed E-state index contributed by atoms with van der Waals surface area (Å²) in [7, 11) is 0. The highest BCUT2D eigenvalue weighted by molar-refractivity contribution is 5.90. The van der Waals surface area contributed by atoms with Crippen molar-refractivity contribution in [1.29, 1.82) is 0 Å². The number of hydrogen-bond donors (Lipinski definition) is 1. The van der Waals surface area contributed by atoms with Gasteiger partial charge in [-0.1, -0.05) is 0 Å². The van der Waals surface area contributed by atoms with Gasteiger partial charge in [-0.2, -0.15) is 0 Å². The van der Waals surface area contributed by atoms with Crippen molar-refractivity contribution in [2.75, 3.05) is 13.2 Å². The van der Waals surface area contributed by atoms with E-state index in [1.807, 2.05) is 0 Å². The van der Waals surface area contributed by atoms with Gasteiger partial charge in [-0.3, -0.25) is 4.79 Å². The van der Waals surface area contributed by atoms with Gasteiger partial charge in [-0.25, -0.2) is 4.79 Å². The molecule has 0 spiro atoms. The van der Waals surface area contributed by atoms with Crippen molar-refractivity contribution in [3.63, 3.8) is 0 Å². The molecule has 4 aliphatic carbocycles. The van der Waals surface area contributed by atoms with Crippen LogP contribution in [0.25, 0.3) is 0 Å². The smallest absolute Gasteiger partial charge is 0.377 e. The number of carbonyl (C=O) groups is 2. The first-order valence-electron chi connectivity index (χ1n) is 9.00. The fourth-order valence-electron chi connectivity index (χ4n) is 5.37. The maximum atomic E-state index is 12.6. The van der Waals surface area contributed by atoms with Gasteiger partial charge in [-0.05, 0) is 63.2 Å². The van der Waals surface area contributed by atoms with Crippen LogP contribution in [0.5, 0.6) is 0 Å². The second-order valence-electron chi connectivity index (χ2n) is 7.94. The van der Waals surface area contributed by atoms with Gasteiger partial charge >= 0.3 is 5.97 Å². The fraction of sp³-hybridized carbons (Fsp3) is 0.778. The molecule has 4 fully saturated rings. The highest BCUT2D eigenvalue weighted by Gasteiger charge is 2.51. The summed E-state index contributed by atoms with van der Waals surface area (Å²) in [6.45, 7) is 2.34. The summed E-state index contributed by atoms with van der Waals surface area (Å²) in [4.78, 5) is 24.6. The van der Waals surface area contributed by atoms with E-state index in [-0.39, 0.29) is 17.2 Å². The molecule has 1 aliphatic heterocycles. The number of rotatable bonds is 4. The van der Waals surface area contributed by atoms with Gasteiger partial charge in [0.15, 0.2) is 6.10 Å². The Bertz CT molecular complexity index is 534. The summed E-state index contributed by atoms with van der Waals surface area (Å²) < 4.78 is 15.5. The second-order valence-corrected chi connectivity index (χ2v) is 7.94. The number of amides is 1. The Kier molecular flexibility index (Phi) is 3.93. The van der Waals surface area contributed by atoms with Crippen molar-refractivity contribution in [2.45, 2.75) is 57.1 Å². The van der Waals surface area contributed by atoms with Crippen LogP contribution in [0.3, 0.4) is 0 Å². The summed E-state index contributed by atoms with van der Waals surface area (Å²) in [6, 6.07) is 0. The van der Waals surface area contributed by atoms with Crippen molar-refractivity contribution in [2.24, 2.45) is 17.8 Å². The average Bonchev–Trinajstić information content (AvgIpc) is 2.53. The third-order valence-corrected chi connectivity index (χ3v) is 5.93. The Labute approximate surface area is 141 Å². The van der Waals surface area contributed by atoms with Crippen LogP contribution in [0.15, 0.2) is 12.0 Å². The molecule has 1 heterocycles. The lowest BCUT2D eigenvalue weighted by Gasteiger charge is -2.57. The molecule has 4 saturated carbocycles. The van der Waals surface area contributed by atoms with Crippen molar-refractivity contribution in [3.8, 4) is 0 Å². The topological polar surface area (TPSA) is 73.9 Å². The van der Waals surface area contributed by atoms with Crippen LogP contribution in [-0.2, 0) is 23.8 Å². The summed E-state index contributed by atoms with van der Waals surface area (Å²) >= 11 is 0. The molecule has 0 radical (unpaired) electrons. The Balaban J connectivity index is 1.35. The fourth-order valence-corrected chi connectivity index (χ4v) is 5.37. The van der Waals surface area contributed by atoms with Gasteiger partial charge < -0.3 is 19.5 Å². The quantitative estimate of drug-likeness (QED) is 0.794. The molecule has 6 nitrogen and oxygen atoms in total.